The van der Waals surface area contributed by atoms with Crippen LogP contribution < -0.4 is 23.7 Å². The summed E-state index contributed by atoms with van der Waals surface area (Å²) in [5, 5.41) is 0.279. The number of hydrogen-bond donors (Lipinski definition) is 0. The number of esters is 2. The summed E-state index contributed by atoms with van der Waals surface area (Å²) in [6, 6.07) is 5.36. The largest absolute Gasteiger partial charge is 0.493 e. The number of ether oxygens (including phenoxy) is 7. The van der Waals surface area contributed by atoms with E-state index >= 15 is 0 Å². The van der Waals surface area contributed by atoms with Crippen LogP contribution in [0.15, 0.2) is 18.2 Å². The molecule has 186 valence electrons. The van der Waals surface area contributed by atoms with Gasteiger partial charge in [-0.05, 0) is 29.3 Å². The van der Waals surface area contributed by atoms with E-state index in [-0.39, 0.29) is 36.6 Å². The van der Waals surface area contributed by atoms with Crippen molar-refractivity contribution in [3.05, 3.63) is 39.9 Å². The van der Waals surface area contributed by atoms with Gasteiger partial charge < -0.3 is 33.2 Å². The quantitative estimate of drug-likeness (QED) is 0.540. The second kappa shape index (κ2) is 9.03. The highest BCUT2D eigenvalue weighted by Gasteiger charge is 2.54. The van der Waals surface area contributed by atoms with E-state index in [1.807, 2.05) is 12.1 Å². The van der Waals surface area contributed by atoms with Gasteiger partial charge in [-0.25, -0.2) is 0 Å². The van der Waals surface area contributed by atoms with E-state index < -0.39 is 29.8 Å². The van der Waals surface area contributed by atoms with Crippen molar-refractivity contribution in [3.8, 4) is 28.7 Å². The van der Waals surface area contributed by atoms with Crippen LogP contribution in [0, 0.1) is 11.8 Å². The Bertz CT molecular complexity index is 1190. The molecule has 10 heteroatoms. The Labute approximate surface area is 207 Å². The lowest BCUT2D eigenvalue weighted by atomic mass is 9.66. The highest BCUT2D eigenvalue weighted by Crippen LogP contribution is 2.58. The molecule has 0 radical (unpaired) electrons. The summed E-state index contributed by atoms with van der Waals surface area (Å²) < 4.78 is 39.2. The molecule has 2 aromatic rings. The van der Waals surface area contributed by atoms with Crippen molar-refractivity contribution in [1.29, 1.82) is 0 Å². The van der Waals surface area contributed by atoms with Crippen LogP contribution in [0.4, 0.5) is 0 Å². The number of rotatable bonds is 6. The summed E-state index contributed by atoms with van der Waals surface area (Å²) in [5.74, 6) is -0.331. The number of halogens is 1. The second-order valence-electron chi connectivity index (χ2n) is 8.44. The van der Waals surface area contributed by atoms with Crippen molar-refractivity contribution in [3.63, 3.8) is 0 Å². The van der Waals surface area contributed by atoms with Crippen LogP contribution in [0.3, 0.4) is 0 Å². The predicted octanol–water partition coefficient (Wildman–Crippen LogP) is 4.02. The van der Waals surface area contributed by atoms with Crippen molar-refractivity contribution < 1.29 is 42.7 Å². The standard InChI is InChI=1S/C25H25ClO9/c1-5-18(27)35-22-12-7-16-15(33-10-34-16)6-11(12)19(20-14(22)9-32-25(20)28)13-8-17(29-2)23(30-3)24(31-4)21(13)26/h6-8,14,19-20,22H,5,9-10H2,1-4H3/t14-,19-,20-,22+/m0/s1. The third-order valence-corrected chi connectivity index (χ3v) is 7.19. The second-order valence-corrected chi connectivity index (χ2v) is 8.82. The lowest BCUT2D eigenvalue weighted by Crippen LogP contribution is -2.36. The lowest BCUT2D eigenvalue weighted by Gasteiger charge is -2.39. The molecular formula is C25H25ClO9. The normalized spacial score (nSPS) is 23.7. The first-order chi connectivity index (χ1) is 16.9. The molecule has 0 N–H and O–H groups in total. The van der Waals surface area contributed by atoms with E-state index in [9.17, 15) is 9.59 Å². The molecule has 2 heterocycles. The summed E-state index contributed by atoms with van der Waals surface area (Å²) in [6.45, 7) is 1.90. The third kappa shape index (κ3) is 3.60. The summed E-state index contributed by atoms with van der Waals surface area (Å²) in [7, 11) is 4.48. The average Bonchev–Trinajstić information content (AvgIpc) is 3.49. The van der Waals surface area contributed by atoms with Gasteiger partial charge in [0.15, 0.2) is 23.0 Å². The van der Waals surface area contributed by atoms with Crippen LogP contribution in [0.1, 0.15) is 42.1 Å². The van der Waals surface area contributed by atoms with E-state index in [0.29, 0.717) is 34.1 Å². The zero-order valence-corrected chi connectivity index (χ0v) is 20.5. The van der Waals surface area contributed by atoms with Gasteiger partial charge in [0.1, 0.15) is 6.10 Å². The molecule has 1 aliphatic carbocycles. The summed E-state index contributed by atoms with van der Waals surface area (Å²) in [6.07, 6.45) is -0.495. The Morgan fingerprint density at radius 2 is 1.66 bits per heavy atom. The zero-order chi connectivity index (χ0) is 24.9. The van der Waals surface area contributed by atoms with Gasteiger partial charge in [0.2, 0.25) is 12.5 Å². The molecule has 3 aliphatic rings. The minimum Gasteiger partial charge on any atom is -0.493 e. The summed E-state index contributed by atoms with van der Waals surface area (Å²) in [5.41, 5.74) is 2.03. The van der Waals surface area contributed by atoms with Crippen LogP contribution in [-0.4, -0.2) is 46.7 Å². The first kappa shape index (κ1) is 23.4. The van der Waals surface area contributed by atoms with Crippen LogP contribution in [0.2, 0.25) is 5.02 Å². The minimum absolute atomic E-state index is 0.0716. The maximum atomic E-state index is 13.1. The molecule has 9 nitrogen and oxygen atoms in total. The Morgan fingerprint density at radius 1 is 0.971 bits per heavy atom. The number of carbonyl (C=O) groups excluding carboxylic acids is 2. The number of methoxy groups -OCH3 is 3. The first-order valence-corrected chi connectivity index (χ1v) is 11.6. The molecule has 1 saturated heterocycles. The van der Waals surface area contributed by atoms with Crippen LogP contribution >= 0.6 is 11.6 Å². The van der Waals surface area contributed by atoms with E-state index in [0.717, 1.165) is 5.56 Å². The van der Waals surface area contributed by atoms with Crippen molar-refractivity contribution in [2.45, 2.75) is 25.4 Å². The Hall–Kier alpha value is -3.33. The van der Waals surface area contributed by atoms with Crippen molar-refractivity contribution in [2.75, 3.05) is 34.7 Å². The Balaban J connectivity index is 1.77. The zero-order valence-electron chi connectivity index (χ0n) is 19.7. The molecule has 2 aromatic carbocycles. The molecule has 5 rings (SSSR count). The fourth-order valence-electron chi connectivity index (χ4n) is 5.23. The number of hydrogen-bond acceptors (Lipinski definition) is 9. The number of carbonyl (C=O) groups is 2. The van der Waals surface area contributed by atoms with Crippen LogP contribution in [0.5, 0.6) is 28.7 Å². The number of fused-ring (bicyclic) bond motifs is 3. The summed E-state index contributed by atoms with van der Waals surface area (Å²) >= 11 is 6.87. The summed E-state index contributed by atoms with van der Waals surface area (Å²) in [4.78, 5) is 25.5. The highest BCUT2D eigenvalue weighted by molar-refractivity contribution is 6.33. The maximum Gasteiger partial charge on any atom is 0.310 e. The average molecular weight is 505 g/mol. The maximum absolute atomic E-state index is 13.1. The third-order valence-electron chi connectivity index (χ3n) is 6.80. The number of benzene rings is 2. The van der Waals surface area contributed by atoms with Gasteiger partial charge in [0.25, 0.3) is 0 Å². The molecule has 35 heavy (non-hydrogen) atoms. The number of cyclic esters (lactones) is 1. The van der Waals surface area contributed by atoms with E-state index in [1.165, 1.54) is 21.3 Å². The van der Waals surface area contributed by atoms with Gasteiger partial charge in [-0.15, -0.1) is 0 Å². The fraction of sp³-hybridized carbons (Fsp3) is 0.440. The van der Waals surface area contributed by atoms with Crippen molar-refractivity contribution >= 4 is 23.5 Å². The van der Waals surface area contributed by atoms with Gasteiger partial charge in [0.05, 0.1) is 38.9 Å². The monoisotopic (exact) mass is 504 g/mol. The molecule has 0 unspecified atom stereocenters. The van der Waals surface area contributed by atoms with Gasteiger partial charge in [-0.2, -0.15) is 0 Å². The molecule has 0 aromatic heterocycles. The smallest absolute Gasteiger partial charge is 0.310 e. The highest BCUT2D eigenvalue weighted by atomic mass is 35.5. The van der Waals surface area contributed by atoms with Gasteiger partial charge >= 0.3 is 11.9 Å². The van der Waals surface area contributed by atoms with Crippen LogP contribution in [-0.2, 0) is 19.1 Å². The van der Waals surface area contributed by atoms with Crippen LogP contribution in [0.25, 0.3) is 0 Å². The topological polar surface area (TPSA) is 98.8 Å². The molecule has 0 bridgehead atoms. The Morgan fingerprint density at radius 3 is 2.29 bits per heavy atom. The van der Waals surface area contributed by atoms with E-state index in [1.54, 1.807) is 13.0 Å². The molecule has 0 saturated carbocycles. The van der Waals surface area contributed by atoms with Gasteiger partial charge in [-0.3, -0.25) is 9.59 Å². The Kier molecular flexibility index (Phi) is 6.04. The minimum atomic E-state index is -0.694. The molecule has 4 atom stereocenters. The predicted molar refractivity (Wildman–Crippen MR) is 123 cm³/mol. The molecular weight excluding hydrogens is 480 g/mol. The van der Waals surface area contributed by atoms with Gasteiger partial charge in [-0.1, -0.05) is 18.5 Å². The SMILES string of the molecule is CCC(=O)O[C@@H]1c2cc3c(cc2[C@@H](c2cc(OC)c(OC)c(OC)c2Cl)[C@H]2C(=O)OC[C@@H]21)OCO3. The first-order valence-electron chi connectivity index (χ1n) is 11.2. The van der Waals surface area contributed by atoms with Gasteiger partial charge in [0, 0.05) is 23.8 Å². The van der Waals surface area contributed by atoms with Crippen molar-refractivity contribution in [2.24, 2.45) is 11.8 Å². The molecule has 1 fully saturated rings. The molecule has 2 aliphatic heterocycles. The van der Waals surface area contributed by atoms with E-state index in [2.05, 4.69) is 0 Å². The van der Waals surface area contributed by atoms with Crippen molar-refractivity contribution in [1.82, 2.24) is 0 Å². The molecule has 0 spiro atoms. The van der Waals surface area contributed by atoms with E-state index in [4.69, 9.17) is 44.8 Å². The molecule has 0 amide bonds. The lowest BCUT2D eigenvalue weighted by molar-refractivity contribution is -0.154. The fourth-order valence-corrected chi connectivity index (χ4v) is 5.56.